The molecule has 122 valence electrons. The van der Waals surface area contributed by atoms with Crippen molar-refractivity contribution in [3.8, 4) is 0 Å². The van der Waals surface area contributed by atoms with E-state index in [1.54, 1.807) is 4.68 Å². The van der Waals surface area contributed by atoms with Crippen molar-refractivity contribution >= 4 is 11.9 Å². The minimum atomic E-state index is -1.31. The fraction of sp³-hybridized carbons (Fsp3) is 0.375. The fourth-order valence-electron chi connectivity index (χ4n) is 2.29. The van der Waals surface area contributed by atoms with Crippen LogP contribution in [-0.2, 0) is 11.3 Å². The van der Waals surface area contributed by atoms with Gasteiger partial charge in [-0.1, -0.05) is 48.9 Å². The maximum Gasteiger partial charge on any atom is 0.329 e. The van der Waals surface area contributed by atoms with E-state index in [-0.39, 0.29) is 5.69 Å². The SMILES string of the molecule is CCCC(C)(NC(=O)c1cn(Cc2ccccc2)nn1)C(=O)O. The van der Waals surface area contributed by atoms with Gasteiger partial charge in [0.1, 0.15) is 5.54 Å². The van der Waals surface area contributed by atoms with Crippen LogP contribution in [0.4, 0.5) is 0 Å². The van der Waals surface area contributed by atoms with Gasteiger partial charge in [0.2, 0.25) is 0 Å². The second kappa shape index (κ2) is 7.04. The number of rotatable bonds is 7. The largest absolute Gasteiger partial charge is 0.480 e. The van der Waals surface area contributed by atoms with Gasteiger partial charge in [0.25, 0.3) is 5.91 Å². The molecule has 1 atom stereocenters. The number of nitrogens with zero attached hydrogens (tertiary/aromatic N) is 3. The Labute approximate surface area is 134 Å². The van der Waals surface area contributed by atoms with E-state index >= 15 is 0 Å². The predicted molar refractivity (Wildman–Crippen MR) is 84.0 cm³/mol. The number of amides is 1. The topological polar surface area (TPSA) is 97.1 Å². The first-order valence-corrected chi connectivity index (χ1v) is 7.44. The second-order valence-electron chi connectivity index (χ2n) is 5.63. The molecule has 0 aliphatic carbocycles. The molecule has 0 saturated carbocycles. The third kappa shape index (κ3) is 4.15. The molecule has 0 saturated heterocycles. The molecular weight excluding hydrogens is 296 g/mol. The van der Waals surface area contributed by atoms with Gasteiger partial charge in [-0.2, -0.15) is 0 Å². The molecule has 1 unspecified atom stereocenters. The van der Waals surface area contributed by atoms with Crippen LogP contribution in [0, 0.1) is 0 Å². The molecule has 1 heterocycles. The molecule has 2 N–H and O–H groups in total. The summed E-state index contributed by atoms with van der Waals surface area (Å²) in [5.41, 5.74) is -0.176. The molecule has 1 amide bonds. The van der Waals surface area contributed by atoms with E-state index in [0.717, 1.165) is 5.56 Å². The molecule has 1 aromatic heterocycles. The van der Waals surface area contributed by atoms with Crippen molar-refractivity contribution in [2.24, 2.45) is 0 Å². The molecule has 2 rings (SSSR count). The highest BCUT2D eigenvalue weighted by molar-refractivity contribution is 5.95. The molecular formula is C16H20N4O3. The number of carbonyl (C=O) groups excluding carboxylic acids is 1. The number of carbonyl (C=O) groups is 2. The highest BCUT2D eigenvalue weighted by Crippen LogP contribution is 2.13. The molecule has 0 aliphatic rings. The van der Waals surface area contributed by atoms with Crippen LogP contribution in [0.2, 0.25) is 0 Å². The minimum Gasteiger partial charge on any atom is -0.480 e. The van der Waals surface area contributed by atoms with Crippen LogP contribution in [0.25, 0.3) is 0 Å². The van der Waals surface area contributed by atoms with Crippen molar-refractivity contribution in [2.75, 3.05) is 0 Å². The minimum absolute atomic E-state index is 0.101. The van der Waals surface area contributed by atoms with Crippen LogP contribution in [0.1, 0.15) is 42.7 Å². The van der Waals surface area contributed by atoms with Crippen LogP contribution < -0.4 is 5.32 Å². The molecule has 0 spiro atoms. The van der Waals surface area contributed by atoms with E-state index in [2.05, 4.69) is 15.6 Å². The van der Waals surface area contributed by atoms with Crippen molar-refractivity contribution in [3.05, 3.63) is 47.8 Å². The number of hydrogen-bond donors (Lipinski definition) is 2. The van der Waals surface area contributed by atoms with Crippen LogP contribution in [0.15, 0.2) is 36.5 Å². The van der Waals surface area contributed by atoms with Gasteiger partial charge in [0.15, 0.2) is 5.69 Å². The Hall–Kier alpha value is -2.70. The van der Waals surface area contributed by atoms with E-state index in [0.29, 0.717) is 19.4 Å². The monoisotopic (exact) mass is 316 g/mol. The van der Waals surface area contributed by atoms with Gasteiger partial charge in [-0.3, -0.25) is 4.79 Å². The summed E-state index contributed by atoms with van der Waals surface area (Å²) < 4.78 is 1.54. The smallest absolute Gasteiger partial charge is 0.329 e. The lowest BCUT2D eigenvalue weighted by atomic mass is 9.96. The van der Waals surface area contributed by atoms with Crippen molar-refractivity contribution in [2.45, 2.75) is 38.8 Å². The first kappa shape index (κ1) is 16.7. The third-order valence-corrected chi connectivity index (χ3v) is 3.57. The van der Waals surface area contributed by atoms with E-state index in [4.69, 9.17) is 0 Å². The summed E-state index contributed by atoms with van der Waals surface area (Å²) in [6, 6.07) is 9.66. The number of nitrogens with one attached hydrogen (secondary N) is 1. The molecule has 0 fully saturated rings. The zero-order valence-electron chi connectivity index (χ0n) is 13.2. The summed E-state index contributed by atoms with van der Waals surface area (Å²) in [6.45, 7) is 3.85. The molecule has 2 aromatic rings. The quantitative estimate of drug-likeness (QED) is 0.810. The van der Waals surface area contributed by atoms with Crippen LogP contribution in [-0.4, -0.2) is 37.5 Å². The molecule has 0 bridgehead atoms. The number of carboxylic acids is 1. The maximum atomic E-state index is 12.2. The van der Waals surface area contributed by atoms with Crippen molar-refractivity contribution in [1.29, 1.82) is 0 Å². The molecule has 0 radical (unpaired) electrons. The zero-order chi connectivity index (χ0) is 16.9. The van der Waals surface area contributed by atoms with E-state index in [9.17, 15) is 14.7 Å². The highest BCUT2D eigenvalue weighted by Gasteiger charge is 2.34. The molecule has 7 nitrogen and oxygen atoms in total. The Morgan fingerprint density at radius 2 is 2.00 bits per heavy atom. The zero-order valence-corrected chi connectivity index (χ0v) is 13.2. The lowest BCUT2D eigenvalue weighted by Gasteiger charge is -2.25. The molecule has 23 heavy (non-hydrogen) atoms. The second-order valence-corrected chi connectivity index (χ2v) is 5.63. The summed E-state index contributed by atoms with van der Waals surface area (Å²) in [5, 5.41) is 19.6. The Kier molecular flexibility index (Phi) is 5.10. The standard InChI is InChI=1S/C16H20N4O3/c1-3-9-16(2,15(22)23)17-14(21)13-11-20(19-18-13)10-12-7-5-4-6-8-12/h4-8,11H,3,9-10H2,1-2H3,(H,17,21)(H,22,23). The number of carboxylic acid groups (broad SMARTS) is 1. The number of aliphatic carboxylic acids is 1. The lowest BCUT2D eigenvalue weighted by Crippen LogP contribution is -2.52. The first-order chi connectivity index (χ1) is 10.9. The summed E-state index contributed by atoms with van der Waals surface area (Å²) in [7, 11) is 0. The van der Waals surface area contributed by atoms with Crippen LogP contribution >= 0.6 is 0 Å². The van der Waals surface area contributed by atoms with Gasteiger partial charge < -0.3 is 10.4 Å². The Balaban J connectivity index is 2.07. The van der Waals surface area contributed by atoms with E-state index in [1.807, 2.05) is 37.3 Å². The van der Waals surface area contributed by atoms with Crippen LogP contribution in [0.3, 0.4) is 0 Å². The van der Waals surface area contributed by atoms with Crippen LogP contribution in [0.5, 0.6) is 0 Å². The number of aromatic nitrogens is 3. The van der Waals surface area contributed by atoms with Crippen molar-refractivity contribution in [3.63, 3.8) is 0 Å². The van der Waals surface area contributed by atoms with Gasteiger partial charge in [-0.15, -0.1) is 5.10 Å². The van der Waals surface area contributed by atoms with Gasteiger partial charge >= 0.3 is 5.97 Å². The fourth-order valence-corrected chi connectivity index (χ4v) is 2.29. The first-order valence-electron chi connectivity index (χ1n) is 7.44. The van der Waals surface area contributed by atoms with Gasteiger partial charge in [0, 0.05) is 0 Å². The average molecular weight is 316 g/mol. The molecule has 1 aromatic carbocycles. The van der Waals surface area contributed by atoms with Crippen molar-refractivity contribution < 1.29 is 14.7 Å². The Morgan fingerprint density at radius 1 is 1.30 bits per heavy atom. The summed E-state index contributed by atoms with van der Waals surface area (Å²) in [6.07, 6.45) is 2.49. The predicted octanol–water partition coefficient (Wildman–Crippen LogP) is 1.70. The Bertz CT molecular complexity index is 684. The Morgan fingerprint density at radius 3 is 2.61 bits per heavy atom. The number of benzene rings is 1. The summed E-state index contributed by atoms with van der Waals surface area (Å²) in [4.78, 5) is 23.6. The molecule has 7 heteroatoms. The maximum absolute atomic E-state index is 12.2. The average Bonchev–Trinajstić information content (AvgIpc) is 2.97. The lowest BCUT2D eigenvalue weighted by molar-refractivity contribution is -0.144. The van der Waals surface area contributed by atoms with E-state index in [1.165, 1.54) is 13.1 Å². The molecule has 0 aliphatic heterocycles. The summed E-state index contributed by atoms with van der Waals surface area (Å²) >= 11 is 0. The third-order valence-electron chi connectivity index (χ3n) is 3.57. The highest BCUT2D eigenvalue weighted by atomic mass is 16.4. The van der Waals surface area contributed by atoms with Gasteiger partial charge in [0.05, 0.1) is 12.7 Å². The summed E-state index contributed by atoms with van der Waals surface area (Å²) in [5.74, 6) is -1.60. The van der Waals surface area contributed by atoms with Gasteiger partial charge in [-0.25, -0.2) is 9.48 Å². The number of hydrogen-bond acceptors (Lipinski definition) is 4. The van der Waals surface area contributed by atoms with E-state index < -0.39 is 17.4 Å². The normalized spacial score (nSPS) is 13.3. The van der Waals surface area contributed by atoms with Crippen molar-refractivity contribution in [1.82, 2.24) is 20.3 Å². The van der Waals surface area contributed by atoms with Gasteiger partial charge in [-0.05, 0) is 18.9 Å².